The summed E-state index contributed by atoms with van der Waals surface area (Å²) in [6, 6.07) is 29.3. The molecule has 0 spiro atoms. The van der Waals surface area contributed by atoms with Crippen LogP contribution in [0.25, 0.3) is 17.2 Å². The molecule has 1 heterocycles. The topological polar surface area (TPSA) is 106 Å². The maximum absolute atomic E-state index is 13.2. The van der Waals surface area contributed by atoms with E-state index in [2.05, 4.69) is 51.6 Å². The molecule has 4 aromatic carbocycles. The Balaban J connectivity index is 0.999. The molecular formula is C42H41N3O6. The van der Waals surface area contributed by atoms with Gasteiger partial charge in [-0.25, -0.2) is 9.59 Å². The standard InChI is InChI=1S/C42H41N3O6/c1-29(43-42(48)51-28-38-36-13-7-5-11-34(36)35-12-6-8-14-37(35)38)39(41(47)49-2)44-40(46)33-21-19-31(20-22-33)10-4-3-9-30-15-17-32(18-16-30)27-45-23-25-50-26-24-45/h4-8,10-22,29,38-39H,23-28H2,1-2H3,(H,43,48)(H,44,46)/b10-4+/t29-,39?/m1/s1. The average Bonchev–Trinajstić information content (AvgIpc) is 3.49. The number of morpholine rings is 1. The maximum Gasteiger partial charge on any atom is 0.407 e. The minimum Gasteiger partial charge on any atom is -0.467 e. The molecule has 1 aliphatic carbocycles. The Morgan fingerprint density at radius 1 is 0.882 bits per heavy atom. The molecule has 1 fully saturated rings. The lowest BCUT2D eigenvalue weighted by Crippen LogP contribution is -2.54. The molecule has 0 aromatic heterocycles. The van der Waals surface area contributed by atoms with Gasteiger partial charge in [0.15, 0.2) is 0 Å². The Morgan fingerprint density at radius 3 is 2.18 bits per heavy atom. The van der Waals surface area contributed by atoms with Crippen molar-refractivity contribution >= 4 is 24.0 Å². The van der Waals surface area contributed by atoms with Gasteiger partial charge in [0.25, 0.3) is 5.91 Å². The maximum atomic E-state index is 13.2. The molecule has 2 aliphatic rings. The van der Waals surface area contributed by atoms with E-state index in [-0.39, 0.29) is 12.5 Å². The highest BCUT2D eigenvalue weighted by Gasteiger charge is 2.32. The van der Waals surface area contributed by atoms with Gasteiger partial charge in [-0.15, -0.1) is 0 Å². The minimum atomic E-state index is -1.15. The minimum absolute atomic E-state index is 0.109. The highest BCUT2D eigenvalue weighted by atomic mass is 16.5. The van der Waals surface area contributed by atoms with Gasteiger partial charge in [0.1, 0.15) is 12.6 Å². The number of nitrogens with zero attached hydrogens (tertiary/aromatic N) is 1. The van der Waals surface area contributed by atoms with E-state index in [1.807, 2.05) is 54.6 Å². The fourth-order valence-corrected chi connectivity index (χ4v) is 6.37. The summed E-state index contributed by atoms with van der Waals surface area (Å²) in [7, 11) is 1.23. The van der Waals surface area contributed by atoms with E-state index in [9.17, 15) is 14.4 Å². The van der Waals surface area contributed by atoms with Crippen LogP contribution in [-0.2, 0) is 25.5 Å². The third-order valence-electron chi connectivity index (χ3n) is 9.14. The van der Waals surface area contributed by atoms with Gasteiger partial charge in [0.2, 0.25) is 0 Å². The molecule has 0 saturated carbocycles. The van der Waals surface area contributed by atoms with Gasteiger partial charge in [-0.1, -0.05) is 84.6 Å². The molecular weight excluding hydrogens is 642 g/mol. The van der Waals surface area contributed by atoms with Crippen molar-refractivity contribution in [2.75, 3.05) is 40.0 Å². The zero-order valence-electron chi connectivity index (χ0n) is 28.8. The zero-order valence-corrected chi connectivity index (χ0v) is 28.8. The summed E-state index contributed by atoms with van der Waals surface area (Å²) in [5.41, 5.74) is 7.82. The van der Waals surface area contributed by atoms with E-state index in [0.717, 1.165) is 66.2 Å². The number of alkyl carbamates (subject to hydrolysis) is 1. The van der Waals surface area contributed by atoms with Gasteiger partial charge < -0.3 is 24.8 Å². The number of rotatable bonds is 10. The molecule has 9 heteroatoms. The predicted octanol–water partition coefficient (Wildman–Crippen LogP) is 5.78. The summed E-state index contributed by atoms with van der Waals surface area (Å²) in [5.74, 6) is 4.92. The SMILES string of the molecule is COC(=O)C(NC(=O)c1ccc(/C=C/C#Cc2ccc(CN3CCOCC3)cc2)cc1)[C@@H](C)NC(=O)OCC1c2ccccc2-c2ccccc21. The molecule has 2 atom stereocenters. The summed E-state index contributed by atoms with van der Waals surface area (Å²) in [6.07, 6.45) is 2.92. The molecule has 51 heavy (non-hydrogen) atoms. The van der Waals surface area contributed by atoms with E-state index >= 15 is 0 Å². The first-order valence-electron chi connectivity index (χ1n) is 17.1. The van der Waals surface area contributed by atoms with Gasteiger partial charge in [-0.05, 0) is 76.7 Å². The number of amides is 2. The first-order valence-corrected chi connectivity index (χ1v) is 17.1. The summed E-state index contributed by atoms with van der Waals surface area (Å²) in [6.45, 7) is 6.11. The van der Waals surface area contributed by atoms with Gasteiger partial charge in [0, 0.05) is 36.7 Å². The summed E-state index contributed by atoms with van der Waals surface area (Å²) >= 11 is 0. The van der Waals surface area contributed by atoms with E-state index < -0.39 is 30.1 Å². The summed E-state index contributed by atoms with van der Waals surface area (Å²) < 4.78 is 16.0. The van der Waals surface area contributed by atoms with E-state index in [0.29, 0.717) is 5.56 Å². The van der Waals surface area contributed by atoms with Crippen molar-refractivity contribution in [1.82, 2.24) is 15.5 Å². The lowest BCUT2D eigenvalue weighted by molar-refractivity contribution is -0.143. The number of fused-ring (bicyclic) bond motifs is 3. The van der Waals surface area contributed by atoms with Crippen LogP contribution in [0.2, 0.25) is 0 Å². The van der Waals surface area contributed by atoms with Crippen LogP contribution in [0.4, 0.5) is 4.79 Å². The largest absolute Gasteiger partial charge is 0.467 e. The van der Waals surface area contributed by atoms with Gasteiger partial charge in [-0.2, -0.15) is 0 Å². The van der Waals surface area contributed by atoms with Crippen LogP contribution >= 0.6 is 0 Å². The Labute approximate surface area is 298 Å². The van der Waals surface area contributed by atoms with Crippen LogP contribution in [0.15, 0.2) is 103 Å². The van der Waals surface area contributed by atoms with Crippen LogP contribution < -0.4 is 10.6 Å². The predicted molar refractivity (Wildman–Crippen MR) is 196 cm³/mol. The van der Waals surface area contributed by atoms with E-state index in [1.54, 1.807) is 37.3 Å². The van der Waals surface area contributed by atoms with E-state index in [1.165, 1.54) is 12.7 Å². The van der Waals surface area contributed by atoms with Crippen molar-refractivity contribution < 1.29 is 28.6 Å². The van der Waals surface area contributed by atoms with Crippen molar-refractivity contribution in [3.05, 3.63) is 137 Å². The highest BCUT2D eigenvalue weighted by Crippen LogP contribution is 2.44. The van der Waals surface area contributed by atoms with Crippen molar-refractivity contribution in [1.29, 1.82) is 0 Å². The number of methoxy groups -OCH3 is 1. The van der Waals surface area contributed by atoms with Crippen LogP contribution in [0.5, 0.6) is 0 Å². The molecule has 0 radical (unpaired) electrons. The quantitative estimate of drug-likeness (QED) is 0.161. The van der Waals surface area contributed by atoms with Gasteiger partial charge >= 0.3 is 12.1 Å². The monoisotopic (exact) mass is 683 g/mol. The molecule has 260 valence electrons. The number of ether oxygens (including phenoxy) is 3. The average molecular weight is 684 g/mol. The Hall–Kier alpha value is -5.69. The molecule has 2 amide bonds. The second-order valence-corrected chi connectivity index (χ2v) is 12.5. The number of hydrogen-bond donors (Lipinski definition) is 2. The van der Waals surface area contributed by atoms with Crippen molar-refractivity contribution in [2.45, 2.75) is 31.5 Å². The third kappa shape index (κ3) is 8.92. The van der Waals surface area contributed by atoms with Crippen LogP contribution in [0.1, 0.15) is 51.0 Å². The molecule has 9 nitrogen and oxygen atoms in total. The molecule has 4 aromatic rings. The first kappa shape index (κ1) is 35.1. The normalized spacial score (nSPS) is 15.1. The first-order chi connectivity index (χ1) is 24.9. The van der Waals surface area contributed by atoms with Crippen LogP contribution in [0, 0.1) is 11.8 Å². The number of allylic oxidation sites excluding steroid dienone is 1. The van der Waals surface area contributed by atoms with Crippen molar-refractivity contribution in [3.8, 4) is 23.0 Å². The molecule has 1 aliphatic heterocycles. The molecule has 1 saturated heterocycles. The summed E-state index contributed by atoms with van der Waals surface area (Å²) in [4.78, 5) is 41.1. The van der Waals surface area contributed by atoms with Crippen LogP contribution in [-0.4, -0.2) is 75.0 Å². The zero-order chi connectivity index (χ0) is 35.6. The Kier molecular flexibility index (Phi) is 11.6. The molecule has 6 rings (SSSR count). The number of carbonyl (C=O) groups is 3. The van der Waals surface area contributed by atoms with Crippen molar-refractivity contribution in [2.24, 2.45) is 0 Å². The molecule has 2 N–H and O–H groups in total. The fraction of sp³-hybridized carbons (Fsp3) is 0.262. The highest BCUT2D eigenvalue weighted by molar-refractivity contribution is 5.97. The van der Waals surface area contributed by atoms with Crippen molar-refractivity contribution in [3.63, 3.8) is 0 Å². The number of carbonyl (C=O) groups excluding carboxylic acids is 3. The smallest absolute Gasteiger partial charge is 0.407 e. The Morgan fingerprint density at radius 2 is 1.53 bits per heavy atom. The van der Waals surface area contributed by atoms with Gasteiger partial charge in [0.05, 0.1) is 26.4 Å². The number of nitrogens with one attached hydrogen (secondary N) is 2. The number of esters is 1. The second-order valence-electron chi connectivity index (χ2n) is 12.5. The third-order valence-corrected chi connectivity index (χ3v) is 9.14. The number of hydrogen-bond acceptors (Lipinski definition) is 7. The lowest BCUT2D eigenvalue weighted by Gasteiger charge is -2.26. The fourth-order valence-electron chi connectivity index (χ4n) is 6.37. The Bertz CT molecular complexity index is 1890. The number of benzene rings is 4. The summed E-state index contributed by atoms with van der Waals surface area (Å²) in [5, 5.41) is 5.38. The lowest BCUT2D eigenvalue weighted by atomic mass is 9.98. The second kappa shape index (κ2) is 16.8. The molecule has 1 unspecified atom stereocenters. The van der Waals surface area contributed by atoms with E-state index in [4.69, 9.17) is 14.2 Å². The van der Waals surface area contributed by atoms with Gasteiger partial charge in [-0.3, -0.25) is 9.69 Å². The van der Waals surface area contributed by atoms with Crippen LogP contribution in [0.3, 0.4) is 0 Å². The molecule has 0 bridgehead atoms.